The number of carbonyl (C=O) groups excluding carboxylic acids is 1. The minimum atomic E-state index is -5.01. The zero-order valence-corrected chi connectivity index (χ0v) is 30.8. The Balaban J connectivity index is 1.35. The molecule has 284 valence electrons. The predicted molar refractivity (Wildman–Crippen MR) is 182 cm³/mol. The van der Waals surface area contributed by atoms with E-state index < -0.39 is 89.4 Å². The molecule has 2 aliphatic carbocycles. The number of nitrogens with one attached hydrogen (secondary N) is 1. The van der Waals surface area contributed by atoms with E-state index in [2.05, 4.69) is 5.32 Å². The van der Waals surface area contributed by atoms with Gasteiger partial charge >= 0.3 is 12.7 Å². The molecule has 1 fully saturated rings. The lowest BCUT2D eigenvalue weighted by molar-refractivity contribution is -0.137. The number of benzene rings is 3. The Kier molecular flexibility index (Phi) is 12.3. The van der Waals surface area contributed by atoms with Crippen molar-refractivity contribution in [1.82, 2.24) is 13.9 Å². The van der Waals surface area contributed by atoms with Crippen molar-refractivity contribution in [3.63, 3.8) is 0 Å². The van der Waals surface area contributed by atoms with Crippen LogP contribution >= 0.6 is 23.2 Å². The van der Waals surface area contributed by atoms with Crippen LogP contribution in [-0.2, 0) is 44.0 Å². The number of halogens is 8. The van der Waals surface area contributed by atoms with Crippen molar-refractivity contribution in [3.8, 4) is 0 Å². The highest BCUT2D eigenvalue weighted by Crippen LogP contribution is 2.38. The first-order valence-electron chi connectivity index (χ1n) is 16.4. The Hall–Kier alpha value is -2.89. The van der Waals surface area contributed by atoms with Crippen LogP contribution in [0.15, 0.2) is 64.4 Å². The molecule has 8 nitrogen and oxygen atoms in total. The summed E-state index contributed by atoms with van der Waals surface area (Å²) >= 11 is 12.1. The molecule has 3 aromatic rings. The molecule has 0 heterocycles. The molecule has 18 heteroatoms. The van der Waals surface area contributed by atoms with Gasteiger partial charge in [-0.05, 0) is 92.1 Å². The first-order valence-corrected chi connectivity index (χ1v) is 20.0. The molecule has 0 aromatic heterocycles. The van der Waals surface area contributed by atoms with Gasteiger partial charge in [-0.25, -0.2) is 21.2 Å². The summed E-state index contributed by atoms with van der Waals surface area (Å²) in [5.74, 6) is -1.73. The van der Waals surface area contributed by atoms with E-state index in [-0.39, 0.29) is 15.9 Å². The molecular formula is C34H35Cl2F6N3O5S2. The third-order valence-electron chi connectivity index (χ3n) is 9.33. The molecule has 1 N–H and O–H groups in total. The number of fused-ring (bicyclic) bond motifs is 1. The number of hydrogen-bond donors (Lipinski definition) is 1. The van der Waals surface area contributed by atoms with Crippen molar-refractivity contribution in [3.05, 3.63) is 92.7 Å². The second-order valence-corrected chi connectivity index (χ2v) is 17.4. The summed E-state index contributed by atoms with van der Waals surface area (Å²) in [6, 6.07) is 7.06. The quantitative estimate of drug-likeness (QED) is 0.146. The Morgan fingerprint density at radius 1 is 0.885 bits per heavy atom. The lowest BCUT2D eigenvalue weighted by atomic mass is 9.86. The Bertz CT molecular complexity index is 2030. The van der Waals surface area contributed by atoms with Gasteiger partial charge in [0.15, 0.2) is 0 Å². The molecule has 0 saturated heterocycles. The maximum absolute atomic E-state index is 14.1. The predicted octanol–water partition coefficient (Wildman–Crippen LogP) is 8.47. The zero-order valence-electron chi connectivity index (χ0n) is 27.6. The lowest BCUT2D eigenvalue weighted by Gasteiger charge is -2.31. The Labute approximate surface area is 308 Å². The van der Waals surface area contributed by atoms with E-state index >= 15 is 0 Å². The molecule has 2 atom stereocenters. The average Bonchev–Trinajstić information content (AvgIpc) is 3.58. The highest BCUT2D eigenvalue weighted by atomic mass is 35.5. The molecule has 0 spiro atoms. The van der Waals surface area contributed by atoms with Gasteiger partial charge in [0.25, 0.3) is 0 Å². The summed E-state index contributed by atoms with van der Waals surface area (Å²) in [5.41, 5.74) is 0.891. The van der Waals surface area contributed by atoms with Gasteiger partial charge < -0.3 is 5.32 Å². The second-order valence-electron chi connectivity index (χ2n) is 12.9. The van der Waals surface area contributed by atoms with Crippen LogP contribution < -0.4 is 5.32 Å². The van der Waals surface area contributed by atoms with Crippen LogP contribution in [0.2, 0.25) is 10.0 Å². The molecule has 0 radical (unpaired) electrons. The van der Waals surface area contributed by atoms with Gasteiger partial charge in [0, 0.05) is 25.0 Å². The maximum atomic E-state index is 14.1. The van der Waals surface area contributed by atoms with Crippen molar-refractivity contribution in [2.24, 2.45) is 0 Å². The fourth-order valence-corrected chi connectivity index (χ4v) is 11.0. The van der Waals surface area contributed by atoms with Crippen molar-refractivity contribution in [1.29, 1.82) is 0 Å². The van der Waals surface area contributed by atoms with Gasteiger partial charge in [-0.3, -0.25) is 4.79 Å². The summed E-state index contributed by atoms with van der Waals surface area (Å²) in [4.78, 5) is 11.6. The molecule has 0 aliphatic heterocycles. The third kappa shape index (κ3) is 8.73. The molecule has 3 aromatic carbocycles. The number of aryl methyl sites for hydroxylation is 1. The number of sulfonamides is 2. The fourth-order valence-electron chi connectivity index (χ4n) is 6.84. The SMILES string of the molecule is CC(CC(=O)NC1CCCc2cc(CN(C3CCCC3)S(=O)(=O)c3cc(C(F)(F)F)ccc3Cl)ccc21)N(C(F)F)S(=O)(=O)c1cc(F)ccc1Cl. The van der Waals surface area contributed by atoms with Crippen molar-refractivity contribution >= 4 is 49.2 Å². The van der Waals surface area contributed by atoms with E-state index in [0.29, 0.717) is 55.4 Å². The van der Waals surface area contributed by atoms with Crippen molar-refractivity contribution in [2.45, 2.75) is 105 Å². The average molecular weight is 815 g/mol. The standard InChI is InChI=1S/C34H35Cl2F6N3O5S2/c1-20(45(33(38)39)52(49,50)31-18-24(37)11-14-28(31)36)15-32(46)43-29-8-4-5-22-16-21(9-12-26(22)29)19-44(25-6-2-3-7-25)51(47,48)30-17-23(34(40,41)42)10-13-27(30)35/h9-14,16-18,20,25,29,33H,2-8,15,19H2,1H3,(H,43,46). The van der Waals surface area contributed by atoms with Crippen molar-refractivity contribution < 1.29 is 48.0 Å². The van der Waals surface area contributed by atoms with Crippen LogP contribution in [0.25, 0.3) is 0 Å². The molecule has 5 rings (SSSR count). The van der Waals surface area contributed by atoms with Crippen LogP contribution in [0.5, 0.6) is 0 Å². The van der Waals surface area contributed by atoms with Crippen LogP contribution in [0.4, 0.5) is 26.3 Å². The van der Waals surface area contributed by atoms with E-state index in [9.17, 15) is 48.0 Å². The first kappa shape index (κ1) is 40.3. The van der Waals surface area contributed by atoms with Crippen molar-refractivity contribution in [2.75, 3.05) is 0 Å². The summed E-state index contributed by atoms with van der Waals surface area (Å²) < 4.78 is 138. The first-order chi connectivity index (χ1) is 24.3. The minimum absolute atomic E-state index is 0.144. The van der Waals surface area contributed by atoms with Crippen LogP contribution in [0.1, 0.15) is 80.2 Å². The number of alkyl halides is 5. The molecule has 1 saturated carbocycles. The summed E-state index contributed by atoms with van der Waals surface area (Å²) in [5, 5.41) is 1.98. The van der Waals surface area contributed by atoms with Gasteiger partial charge in [0.2, 0.25) is 26.0 Å². The Morgan fingerprint density at radius 2 is 1.52 bits per heavy atom. The van der Waals surface area contributed by atoms with E-state index in [4.69, 9.17) is 23.2 Å². The number of nitrogens with zero attached hydrogens (tertiary/aromatic N) is 2. The molecule has 2 unspecified atom stereocenters. The van der Waals surface area contributed by atoms with Gasteiger partial charge in [-0.2, -0.15) is 26.3 Å². The minimum Gasteiger partial charge on any atom is -0.349 e. The summed E-state index contributed by atoms with van der Waals surface area (Å²) in [6.07, 6.45) is -1.28. The van der Waals surface area contributed by atoms with Gasteiger partial charge in [-0.15, -0.1) is 4.31 Å². The van der Waals surface area contributed by atoms with E-state index in [1.807, 2.05) is 0 Å². The molecule has 1 amide bonds. The highest BCUT2D eigenvalue weighted by Gasteiger charge is 2.40. The normalized spacial score (nSPS) is 17.9. The monoisotopic (exact) mass is 813 g/mol. The van der Waals surface area contributed by atoms with Crippen LogP contribution in [0.3, 0.4) is 0 Å². The molecule has 0 bridgehead atoms. The number of amides is 1. The summed E-state index contributed by atoms with van der Waals surface area (Å²) in [7, 11) is -9.50. The smallest absolute Gasteiger partial charge is 0.349 e. The number of rotatable bonds is 12. The van der Waals surface area contributed by atoms with E-state index in [0.717, 1.165) is 49.6 Å². The zero-order chi connectivity index (χ0) is 38.2. The molecule has 52 heavy (non-hydrogen) atoms. The largest absolute Gasteiger partial charge is 0.416 e. The number of carbonyl (C=O) groups is 1. The number of hydrogen-bond acceptors (Lipinski definition) is 5. The maximum Gasteiger partial charge on any atom is 0.416 e. The fraction of sp³-hybridized carbons (Fsp3) is 0.441. The lowest BCUT2D eigenvalue weighted by Crippen LogP contribution is -2.45. The Morgan fingerprint density at radius 3 is 2.15 bits per heavy atom. The van der Waals surface area contributed by atoms with E-state index in [1.165, 1.54) is 4.31 Å². The third-order valence-corrected chi connectivity index (χ3v) is 14.1. The molecular weight excluding hydrogens is 779 g/mol. The van der Waals surface area contributed by atoms with Gasteiger partial charge in [0.1, 0.15) is 15.6 Å². The highest BCUT2D eigenvalue weighted by molar-refractivity contribution is 7.89. The second kappa shape index (κ2) is 15.8. The summed E-state index contributed by atoms with van der Waals surface area (Å²) in [6.45, 7) is -2.60. The van der Waals surface area contributed by atoms with Crippen LogP contribution in [0, 0.1) is 5.82 Å². The van der Waals surface area contributed by atoms with Gasteiger partial charge in [-0.1, -0.05) is 54.2 Å². The molecule has 2 aliphatic rings. The topological polar surface area (TPSA) is 104 Å². The van der Waals surface area contributed by atoms with Crippen LogP contribution in [-0.4, -0.2) is 50.0 Å². The van der Waals surface area contributed by atoms with E-state index in [1.54, 1.807) is 18.2 Å². The van der Waals surface area contributed by atoms with Gasteiger partial charge in [0.05, 0.1) is 21.7 Å².